The van der Waals surface area contributed by atoms with E-state index in [1.165, 1.54) is 19.3 Å². The number of amides is 1. The van der Waals surface area contributed by atoms with Crippen LogP contribution in [-0.2, 0) is 0 Å². The number of hydrogen-bond acceptors (Lipinski definition) is 2. The van der Waals surface area contributed by atoms with E-state index in [2.05, 4.69) is 33.2 Å². The molecule has 1 fully saturated rings. The van der Waals surface area contributed by atoms with Crippen LogP contribution in [0.1, 0.15) is 36.5 Å². The summed E-state index contributed by atoms with van der Waals surface area (Å²) < 4.78 is 0.746. The van der Waals surface area contributed by atoms with E-state index in [0.29, 0.717) is 11.5 Å². The zero-order valence-corrected chi connectivity index (χ0v) is 10.8. The fourth-order valence-corrected chi connectivity index (χ4v) is 2.09. The molecular weight excluding hydrogens is 268 g/mol. The van der Waals surface area contributed by atoms with E-state index in [0.717, 1.165) is 4.60 Å². The molecule has 0 saturated heterocycles. The maximum Gasteiger partial charge on any atom is 0.253 e. The van der Waals surface area contributed by atoms with E-state index >= 15 is 0 Å². The maximum absolute atomic E-state index is 11.8. The van der Waals surface area contributed by atoms with Crippen molar-refractivity contribution in [2.75, 3.05) is 0 Å². The number of nitrogens with zero attached hydrogens (tertiary/aromatic N) is 1. The first-order valence-electron chi connectivity index (χ1n) is 5.59. The van der Waals surface area contributed by atoms with Crippen molar-refractivity contribution in [3.05, 3.63) is 28.5 Å². The van der Waals surface area contributed by atoms with Gasteiger partial charge in [-0.15, -0.1) is 0 Å². The molecular formula is C12H15BrN2O. The van der Waals surface area contributed by atoms with Crippen LogP contribution >= 0.6 is 15.9 Å². The minimum absolute atomic E-state index is 0.0283. The normalized spacial score (nSPS) is 17.6. The van der Waals surface area contributed by atoms with Gasteiger partial charge in [-0.05, 0) is 53.7 Å². The zero-order valence-electron chi connectivity index (χ0n) is 9.24. The lowest BCUT2D eigenvalue weighted by molar-refractivity contribution is 0.0909. The monoisotopic (exact) mass is 282 g/mol. The van der Waals surface area contributed by atoms with Crippen LogP contribution in [0.2, 0.25) is 0 Å². The summed E-state index contributed by atoms with van der Waals surface area (Å²) in [5.41, 5.74) is 0.620. The molecule has 86 valence electrons. The van der Waals surface area contributed by atoms with Gasteiger partial charge in [-0.1, -0.05) is 6.42 Å². The summed E-state index contributed by atoms with van der Waals surface area (Å²) in [5.74, 6) is 0.631. The number of carbonyl (C=O) groups excluding carboxylic acids is 1. The first kappa shape index (κ1) is 11.6. The molecule has 1 unspecified atom stereocenters. The molecule has 1 saturated carbocycles. The minimum Gasteiger partial charge on any atom is -0.349 e. The maximum atomic E-state index is 11.8. The van der Waals surface area contributed by atoms with Crippen LogP contribution in [0.5, 0.6) is 0 Å². The van der Waals surface area contributed by atoms with E-state index in [1.807, 2.05) is 0 Å². The van der Waals surface area contributed by atoms with E-state index in [-0.39, 0.29) is 11.9 Å². The Bertz CT molecular complexity index is 373. The van der Waals surface area contributed by atoms with Crippen LogP contribution < -0.4 is 5.32 Å². The largest absolute Gasteiger partial charge is 0.349 e. The highest BCUT2D eigenvalue weighted by atomic mass is 79.9. The van der Waals surface area contributed by atoms with Crippen molar-refractivity contribution in [3.8, 4) is 0 Å². The number of halogens is 1. The molecule has 1 aromatic heterocycles. The Hall–Kier alpha value is -0.900. The molecule has 1 atom stereocenters. The summed E-state index contributed by atoms with van der Waals surface area (Å²) in [6.45, 7) is 2.08. The van der Waals surface area contributed by atoms with Crippen LogP contribution in [0.25, 0.3) is 0 Å². The second-order valence-corrected chi connectivity index (χ2v) is 5.14. The Morgan fingerprint density at radius 1 is 1.56 bits per heavy atom. The SMILES string of the molecule is CC(NC(=O)c1ccc(Br)nc1)C1CCC1. The molecule has 1 N–H and O–H groups in total. The molecule has 1 heterocycles. The third-order valence-corrected chi connectivity index (χ3v) is 3.67. The van der Waals surface area contributed by atoms with Crippen molar-refractivity contribution in [1.29, 1.82) is 0 Å². The first-order chi connectivity index (χ1) is 7.66. The summed E-state index contributed by atoms with van der Waals surface area (Å²) >= 11 is 3.25. The number of carbonyl (C=O) groups is 1. The highest BCUT2D eigenvalue weighted by Crippen LogP contribution is 2.29. The van der Waals surface area contributed by atoms with E-state index in [9.17, 15) is 4.79 Å². The number of aromatic nitrogens is 1. The fourth-order valence-electron chi connectivity index (χ4n) is 1.86. The smallest absolute Gasteiger partial charge is 0.253 e. The second-order valence-electron chi connectivity index (χ2n) is 4.32. The van der Waals surface area contributed by atoms with Crippen molar-refractivity contribution < 1.29 is 4.79 Å². The third kappa shape index (κ3) is 2.61. The molecule has 0 aromatic carbocycles. The van der Waals surface area contributed by atoms with Gasteiger partial charge in [-0.2, -0.15) is 0 Å². The summed E-state index contributed by atoms with van der Waals surface area (Å²) in [6, 6.07) is 3.83. The lowest BCUT2D eigenvalue weighted by atomic mass is 9.80. The van der Waals surface area contributed by atoms with Gasteiger partial charge < -0.3 is 5.32 Å². The Morgan fingerprint density at radius 2 is 2.31 bits per heavy atom. The number of nitrogens with one attached hydrogen (secondary N) is 1. The molecule has 1 aliphatic carbocycles. The zero-order chi connectivity index (χ0) is 11.5. The van der Waals surface area contributed by atoms with E-state index < -0.39 is 0 Å². The van der Waals surface area contributed by atoms with Gasteiger partial charge in [0.05, 0.1) is 5.56 Å². The topological polar surface area (TPSA) is 42.0 Å². The molecule has 0 aliphatic heterocycles. The van der Waals surface area contributed by atoms with E-state index in [4.69, 9.17) is 0 Å². The molecule has 0 spiro atoms. The van der Waals surface area contributed by atoms with Crippen molar-refractivity contribution in [2.45, 2.75) is 32.2 Å². The molecule has 1 amide bonds. The van der Waals surface area contributed by atoms with Crippen LogP contribution in [0.15, 0.2) is 22.9 Å². The van der Waals surface area contributed by atoms with Gasteiger partial charge in [0.2, 0.25) is 0 Å². The lowest BCUT2D eigenvalue weighted by Crippen LogP contribution is -2.40. The molecule has 4 heteroatoms. The summed E-state index contributed by atoms with van der Waals surface area (Å²) in [4.78, 5) is 15.9. The van der Waals surface area contributed by atoms with Crippen molar-refractivity contribution in [2.24, 2.45) is 5.92 Å². The molecule has 0 radical (unpaired) electrons. The van der Waals surface area contributed by atoms with Gasteiger partial charge in [0.25, 0.3) is 5.91 Å². The van der Waals surface area contributed by atoms with Gasteiger partial charge in [0.15, 0.2) is 0 Å². The Labute approximate surface area is 104 Å². The predicted octanol–water partition coefficient (Wildman–Crippen LogP) is 2.76. The fraction of sp³-hybridized carbons (Fsp3) is 0.500. The highest BCUT2D eigenvalue weighted by molar-refractivity contribution is 9.10. The summed E-state index contributed by atoms with van der Waals surface area (Å²) in [5, 5.41) is 3.02. The number of hydrogen-bond donors (Lipinski definition) is 1. The molecule has 2 rings (SSSR count). The Morgan fingerprint density at radius 3 is 2.81 bits per heavy atom. The number of pyridine rings is 1. The van der Waals surface area contributed by atoms with Crippen LogP contribution in [0.4, 0.5) is 0 Å². The molecule has 1 aromatic rings. The summed E-state index contributed by atoms with van der Waals surface area (Å²) in [6.07, 6.45) is 5.36. The average molecular weight is 283 g/mol. The molecule has 0 bridgehead atoms. The second kappa shape index (κ2) is 4.95. The third-order valence-electron chi connectivity index (χ3n) is 3.21. The predicted molar refractivity (Wildman–Crippen MR) is 66.2 cm³/mol. The van der Waals surface area contributed by atoms with Gasteiger partial charge in [-0.3, -0.25) is 4.79 Å². The number of rotatable bonds is 3. The van der Waals surface area contributed by atoms with Crippen molar-refractivity contribution >= 4 is 21.8 Å². The van der Waals surface area contributed by atoms with Gasteiger partial charge in [0.1, 0.15) is 4.60 Å². The van der Waals surface area contributed by atoms with Crippen molar-refractivity contribution in [3.63, 3.8) is 0 Å². The summed E-state index contributed by atoms with van der Waals surface area (Å²) in [7, 11) is 0. The molecule has 1 aliphatic rings. The standard InChI is InChI=1S/C12H15BrN2O/c1-8(9-3-2-4-9)15-12(16)10-5-6-11(13)14-7-10/h5-9H,2-4H2,1H3,(H,15,16). The first-order valence-corrected chi connectivity index (χ1v) is 6.38. The molecule has 16 heavy (non-hydrogen) atoms. The lowest BCUT2D eigenvalue weighted by Gasteiger charge is -2.31. The van der Waals surface area contributed by atoms with Crippen LogP contribution in [0, 0.1) is 5.92 Å². The highest BCUT2D eigenvalue weighted by Gasteiger charge is 2.25. The van der Waals surface area contributed by atoms with Crippen molar-refractivity contribution in [1.82, 2.24) is 10.3 Å². The van der Waals surface area contributed by atoms with Crippen LogP contribution in [-0.4, -0.2) is 16.9 Å². The quantitative estimate of drug-likeness (QED) is 0.867. The minimum atomic E-state index is -0.0283. The van der Waals surface area contributed by atoms with Gasteiger partial charge in [0, 0.05) is 12.2 Å². The Kier molecular flexibility index (Phi) is 3.59. The van der Waals surface area contributed by atoms with Gasteiger partial charge >= 0.3 is 0 Å². The molecule has 3 nitrogen and oxygen atoms in total. The Balaban J connectivity index is 1.94. The average Bonchev–Trinajstić information content (AvgIpc) is 2.15. The van der Waals surface area contributed by atoms with Gasteiger partial charge in [-0.25, -0.2) is 4.98 Å². The van der Waals surface area contributed by atoms with E-state index in [1.54, 1.807) is 18.3 Å². The van der Waals surface area contributed by atoms with Crippen LogP contribution in [0.3, 0.4) is 0 Å².